The predicted octanol–water partition coefficient (Wildman–Crippen LogP) is -0.862. The van der Waals surface area contributed by atoms with E-state index in [1.54, 1.807) is 0 Å². The zero-order chi connectivity index (χ0) is 4.99. The molecule has 0 radical (unpaired) electrons. The SMILES string of the molecule is N#CC[N+](=O)[O-].[KH]. The molecule has 0 amide bonds. The van der Waals surface area contributed by atoms with Crippen molar-refractivity contribution in [1.82, 2.24) is 0 Å². The van der Waals surface area contributed by atoms with Gasteiger partial charge < -0.3 is 0 Å². The van der Waals surface area contributed by atoms with Crippen LogP contribution in [-0.4, -0.2) is 62.9 Å². The third kappa shape index (κ3) is 10.8. The molecule has 0 aromatic heterocycles. The maximum atomic E-state index is 9.18. The fraction of sp³-hybridized carbons (Fsp3) is 0.500. The first-order valence-corrected chi connectivity index (χ1v) is 1.26. The first-order chi connectivity index (χ1) is 2.77. The van der Waals surface area contributed by atoms with Crippen LogP contribution in [0.4, 0.5) is 0 Å². The average molecular weight is 126 g/mol. The first kappa shape index (κ1) is 10.5. The number of hydrogen-bond acceptors (Lipinski definition) is 3. The van der Waals surface area contributed by atoms with Crippen LogP contribution in [0.25, 0.3) is 0 Å². The van der Waals surface area contributed by atoms with E-state index in [1.165, 1.54) is 6.07 Å². The Kier molecular flexibility index (Phi) is 9.79. The molecule has 0 saturated carbocycles. The molecule has 0 heterocycles. The Morgan fingerprint density at radius 1 is 1.86 bits per heavy atom. The number of hydrogen-bond donors (Lipinski definition) is 0. The molecular weight excluding hydrogens is 123 g/mol. The van der Waals surface area contributed by atoms with Crippen molar-refractivity contribution in [2.24, 2.45) is 0 Å². The molecule has 0 atom stereocenters. The summed E-state index contributed by atoms with van der Waals surface area (Å²) in [5, 5.41) is 16.7. The summed E-state index contributed by atoms with van der Waals surface area (Å²) in [5.74, 6) is 0. The fourth-order valence-electron chi connectivity index (χ4n) is 0.0577. The van der Waals surface area contributed by atoms with E-state index >= 15 is 0 Å². The molecule has 4 nitrogen and oxygen atoms in total. The third-order valence-corrected chi connectivity index (χ3v) is 0.200. The van der Waals surface area contributed by atoms with E-state index in [-0.39, 0.29) is 51.4 Å². The summed E-state index contributed by atoms with van der Waals surface area (Å²) < 4.78 is 0. The van der Waals surface area contributed by atoms with Crippen LogP contribution in [0.15, 0.2) is 0 Å². The minimum atomic E-state index is -0.681. The standard InChI is InChI=1S/C2H2N2O2.K.H/c3-1-2-4(5)6;;/h2H2;;. The van der Waals surface area contributed by atoms with E-state index in [0.717, 1.165) is 0 Å². The second-order valence-corrected chi connectivity index (χ2v) is 0.649. The van der Waals surface area contributed by atoms with Crippen LogP contribution in [0.2, 0.25) is 0 Å². The topological polar surface area (TPSA) is 66.9 Å². The van der Waals surface area contributed by atoms with Gasteiger partial charge in [0.1, 0.15) is 6.07 Å². The van der Waals surface area contributed by atoms with Crippen molar-refractivity contribution in [2.45, 2.75) is 0 Å². The van der Waals surface area contributed by atoms with Gasteiger partial charge in [0, 0.05) is 4.92 Å². The number of nitro groups is 1. The van der Waals surface area contributed by atoms with E-state index in [2.05, 4.69) is 0 Å². The Morgan fingerprint density at radius 2 is 2.29 bits per heavy atom. The molecule has 7 heavy (non-hydrogen) atoms. The van der Waals surface area contributed by atoms with Crippen molar-refractivity contribution in [3.05, 3.63) is 10.1 Å². The van der Waals surface area contributed by atoms with Crippen LogP contribution < -0.4 is 0 Å². The maximum absolute atomic E-state index is 9.18. The van der Waals surface area contributed by atoms with Crippen molar-refractivity contribution in [2.75, 3.05) is 6.54 Å². The molecule has 0 saturated heterocycles. The molecule has 0 aliphatic carbocycles. The molecule has 0 bridgehead atoms. The van der Waals surface area contributed by atoms with Gasteiger partial charge in [-0.15, -0.1) is 0 Å². The molecule has 0 unspecified atom stereocenters. The van der Waals surface area contributed by atoms with Gasteiger partial charge >= 0.3 is 51.4 Å². The van der Waals surface area contributed by atoms with Gasteiger partial charge in [0.25, 0.3) is 6.54 Å². The molecule has 34 valence electrons. The van der Waals surface area contributed by atoms with E-state index in [9.17, 15) is 10.1 Å². The van der Waals surface area contributed by atoms with Crippen LogP contribution >= 0.6 is 0 Å². The summed E-state index contributed by atoms with van der Waals surface area (Å²) >= 11 is 0. The predicted molar refractivity (Wildman–Crippen MR) is 24.6 cm³/mol. The Labute approximate surface area is 83.1 Å². The Balaban J connectivity index is 0. The van der Waals surface area contributed by atoms with E-state index in [1.807, 2.05) is 0 Å². The van der Waals surface area contributed by atoms with Crippen molar-refractivity contribution in [3.63, 3.8) is 0 Å². The normalized spacial score (nSPS) is 5.57. The average Bonchev–Trinajstić information content (AvgIpc) is 1.35. The second-order valence-electron chi connectivity index (χ2n) is 0.649. The molecular formula is C2H3KN2O2. The second kappa shape index (κ2) is 6.53. The molecule has 0 aliphatic heterocycles. The van der Waals surface area contributed by atoms with E-state index in [0.29, 0.717) is 0 Å². The number of nitriles is 1. The van der Waals surface area contributed by atoms with Crippen LogP contribution in [0.5, 0.6) is 0 Å². The van der Waals surface area contributed by atoms with Gasteiger partial charge in [-0.1, -0.05) is 0 Å². The third-order valence-electron chi connectivity index (χ3n) is 0.200. The molecule has 5 heteroatoms. The Bertz CT molecular complexity index is 96.4. The van der Waals surface area contributed by atoms with Gasteiger partial charge in [-0.05, 0) is 0 Å². The molecule has 0 fully saturated rings. The van der Waals surface area contributed by atoms with Crippen LogP contribution in [0.1, 0.15) is 0 Å². The van der Waals surface area contributed by atoms with Crippen LogP contribution in [0.3, 0.4) is 0 Å². The summed E-state index contributed by atoms with van der Waals surface area (Å²) in [5.41, 5.74) is 0. The summed E-state index contributed by atoms with van der Waals surface area (Å²) in [6, 6.07) is 1.37. The van der Waals surface area contributed by atoms with Gasteiger partial charge in [-0.3, -0.25) is 10.1 Å². The van der Waals surface area contributed by atoms with Crippen molar-refractivity contribution < 1.29 is 4.92 Å². The molecule has 0 aromatic rings. The number of rotatable bonds is 1. The Morgan fingerprint density at radius 3 is 2.29 bits per heavy atom. The molecule has 0 spiro atoms. The van der Waals surface area contributed by atoms with E-state index in [4.69, 9.17) is 5.26 Å². The summed E-state index contributed by atoms with van der Waals surface area (Å²) in [6.07, 6.45) is 0. The minimum absolute atomic E-state index is 0. The van der Waals surface area contributed by atoms with E-state index < -0.39 is 11.5 Å². The monoisotopic (exact) mass is 126 g/mol. The van der Waals surface area contributed by atoms with Crippen LogP contribution in [-0.2, 0) is 0 Å². The van der Waals surface area contributed by atoms with Gasteiger partial charge in [-0.2, -0.15) is 5.26 Å². The van der Waals surface area contributed by atoms with Crippen molar-refractivity contribution >= 4 is 51.4 Å². The Hall–Kier alpha value is 0.526. The van der Waals surface area contributed by atoms with Crippen molar-refractivity contribution in [3.8, 4) is 6.07 Å². The van der Waals surface area contributed by atoms with Crippen molar-refractivity contribution in [1.29, 1.82) is 5.26 Å². The van der Waals surface area contributed by atoms with Gasteiger partial charge in [0.2, 0.25) is 0 Å². The van der Waals surface area contributed by atoms with Gasteiger partial charge in [0.15, 0.2) is 0 Å². The molecule has 0 N–H and O–H groups in total. The molecule has 0 aromatic carbocycles. The van der Waals surface area contributed by atoms with Gasteiger partial charge in [0.05, 0.1) is 0 Å². The van der Waals surface area contributed by atoms with Gasteiger partial charge in [-0.25, -0.2) is 0 Å². The zero-order valence-electron chi connectivity index (χ0n) is 2.92. The quantitative estimate of drug-likeness (QED) is 0.199. The first-order valence-electron chi connectivity index (χ1n) is 1.26. The number of nitrogens with zero attached hydrogens (tertiary/aromatic N) is 2. The molecule has 0 aliphatic rings. The summed E-state index contributed by atoms with van der Waals surface area (Å²) in [6.45, 7) is -0.597. The summed E-state index contributed by atoms with van der Waals surface area (Å²) in [7, 11) is 0. The van der Waals surface area contributed by atoms with Crippen LogP contribution in [0, 0.1) is 21.4 Å². The molecule has 0 rings (SSSR count). The summed E-state index contributed by atoms with van der Waals surface area (Å²) in [4.78, 5) is 8.50. The fourth-order valence-corrected chi connectivity index (χ4v) is 0.0577. The zero-order valence-corrected chi connectivity index (χ0v) is 2.92.